The molecule has 1 fully saturated rings. The van der Waals surface area contributed by atoms with Gasteiger partial charge in [-0.15, -0.1) is 0 Å². The Labute approximate surface area is 100 Å². The van der Waals surface area contributed by atoms with E-state index < -0.39 is 0 Å². The molecule has 2 heteroatoms. The minimum absolute atomic E-state index is 0.371. The van der Waals surface area contributed by atoms with Crippen molar-refractivity contribution in [3.05, 3.63) is 0 Å². The highest BCUT2D eigenvalue weighted by Crippen LogP contribution is 2.24. The number of rotatable bonds is 4. The van der Waals surface area contributed by atoms with Crippen molar-refractivity contribution in [3.8, 4) is 0 Å². The minimum atomic E-state index is 0.371. The van der Waals surface area contributed by atoms with Gasteiger partial charge in [-0.05, 0) is 37.0 Å². The second kappa shape index (κ2) is 6.27. The number of hydrogen-bond acceptors (Lipinski definition) is 1. The van der Waals surface area contributed by atoms with Gasteiger partial charge in [-0.2, -0.15) is 0 Å². The standard InChI is InChI=1S/C14H27NO/c1-11(2)5-6-14(16)15-9-7-13(8-10-15)12(3)4/h11-13H,5-10H2,1-4H3. The van der Waals surface area contributed by atoms with Gasteiger partial charge in [-0.3, -0.25) is 4.79 Å². The second-order valence-corrected chi connectivity index (χ2v) is 5.89. The zero-order chi connectivity index (χ0) is 12.1. The number of likely N-dealkylation sites (tertiary alicyclic amines) is 1. The third-order valence-corrected chi connectivity index (χ3v) is 3.77. The van der Waals surface area contributed by atoms with Crippen LogP contribution in [0, 0.1) is 17.8 Å². The molecule has 1 heterocycles. The predicted molar refractivity (Wildman–Crippen MR) is 68.2 cm³/mol. The van der Waals surface area contributed by atoms with Gasteiger partial charge < -0.3 is 4.90 Å². The molecule has 0 aromatic rings. The third-order valence-electron chi connectivity index (χ3n) is 3.77. The van der Waals surface area contributed by atoms with Crippen LogP contribution in [0.4, 0.5) is 0 Å². The van der Waals surface area contributed by atoms with E-state index in [1.807, 2.05) is 0 Å². The summed E-state index contributed by atoms with van der Waals surface area (Å²) in [6.07, 6.45) is 4.17. The molecule has 1 aliphatic heterocycles. The van der Waals surface area contributed by atoms with Crippen molar-refractivity contribution in [1.82, 2.24) is 4.90 Å². The normalized spacial score (nSPS) is 18.5. The highest BCUT2D eigenvalue weighted by molar-refractivity contribution is 5.76. The number of amides is 1. The van der Waals surface area contributed by atoms with E-state index in [4.69, 9.17) is 0 Å². The van der Waals surface area contributed by atoms with Crippen LogP contribution in [0.5, 0.6) is 0 Å². The number of carbonyl (C=O) groups excluding carboxylic acids is 1. The van der Waals surface area contributed by atoms with Gasteiger partial charge in [-0.1, -0.05) is 27.7 Å². The lowest BCUT2D eigenvalue weighted by Gasteiger charge is -2.34. The van der Waals surface area contributed by atoms with Crippen LogP contribution in [-0.4, -0.2) is 23.9 Å². The first-order valence-electron chi connectivity index (χ1n) is 6.78. The third kappa shape index (κ3) is 4.15. The molecule has 0 radical (unpaired) electrons. The maximum atomic E-state index is 11.9. The Morgan fingerprint density at radius 1 is 1.19 bits per heavy atom. The van der Waals surface area contributed by atoms with Crippen LogP contribution >= 0.6 is 0 Å². The smallest absolute Gasteiger partial charge is 0.222 e. The SMILES string of the molecule is CC(C)CCC(=O)N1CCC(C(C)C)CC1. The van der Waals surface area contributed by atoms with Crippen LogP contribution in [-0.2, 0) is 4.79 Å². The van der Waals surface area contributed by atoms with Crippen molar-refractivity contribution in [2.24, 2.45) is 17.8 Å². The van der Waals surface area contributed by atoms with Crippen LogP contribution in [0.1, 0.15) is 53.4 Å². The van der Waals surface area contributed by atoms with Crippen molar-refractivity contribution in [3.63, 3.8) is 0 Å². The van der Waals surface area contributed by atoms with Crippen molar-refractivity contribution >= 4 is 5.91 Å². The summed E-state index contributed by atoms with van der Waals surface area (Å²) < 4.78 is 0. The first kappa shape index (κ1) is 13.5. The molecule has 0 aromatic heterocycles. The molecule has 0 saturated carbocycles. The molecular weight excluding hydrogens is 198 g/mol. The van der Waals surface area contributed by atoms with Crippen molar-refractivity contribution in [2.45, 2.75) is 53.4 Å². The van der Waals surface area contributed by atoms with E-state index in [0.717, 1.165) is 37.8 Å². The van der Waals surface area contributed by atoms with Crippen LogP contribution < -0.4 is 0 Å². The molecule has 2 nitrogen and oxygen atoms in total. The quantitative estimate of drug-likeness (QED) is 0.718. The lowest BCUT2D eigenvalue weighted by atomic mass is 9.86. The molecule has 0 aromatic carbocycles. The minimum Gasteiger partial charge on any atom is -0.343 e. The largest absolute Gasteiger partial charge is 0.343 e. The van der Waals surface area contributed by atoms with Gasteiger partial charge in [-0.25, -0.2) is 0 Å². The summed E-state index contributed by atoms with van der Waals surface area (Å²) in [6.45, 7) is 10.9. The van der Waals surface area contributed by atoms with Gasteiger partial charge in [0.1, 0.15) is 0 Å². The summed E-state index contributed by atoms with van der Waals surface area (Å²) in [6, 6.07) is 0. The van der Waals surface area contributed by atoms with Gasteiger partial charge in [0.2, 0.25) is 5.91 Å². The van der Waals surface area contributed by atoms with Gasteiger partial charge in [0.25, 0.3) is 0 Å². The number of hydrogen-bond donors (Lipinski definition) is 0. The highest BCUT2D eigenvalue weighted by atomic mass is 16.2. The second-order valence-electron chi connectivity index (χ2n) is 5.89. The summed E-state index contributed by atoms with van der Waals surface area (Å²) in [4.78, 5) is 14.0. The first-order valence-corrected chi connectivity index (χ1v) is 6.78. The zero-order valence-electron chi connectivity index (χ0n) is 11.3. The monoisotopic (exact) mass is 225 g/mol. The molecule has 0 spiro atoms. The fraction of sp³-hybridized carbons (Fsp3) is 0.929. The Morgan fingerprint density at radius 2 is 1.75 bits per heavy atom. The van der Waals surface area contributed by atoms with E-state index in [-0.39, 0.29) is 0 Å². The summed E-state index contributed by atoms with van der Waals surface area (Å²) in [5.74, 6) is 2.61. The molecule has 1 amide bonds. The van der Waals surface area contributed by atoms with Crippen LogP contribution in [0.2, 0.25) is 0 Å². The van der Waals surface area contributed by atoms with E-state index in [9.17, 15) is 4.79 Å². The molecule has 0 aliphatic carbocycles. The maximum absolute atomic E-state index is 11.9. The maximum Gasteiger partial charge on any atom is 0.222 e. The van der Waals surface area contributed by atoms with Crippen molar-refractivity contribution in [1.29, 1.82) is 0 Å². The molecule has 1 rings (SSSR count). The molecule has 0 unspecified atom stereocenters. The Balaban J connectivity index is 2.27. The molecule has 0 atom stereocenters. The molecular formula is C14H27NO. The van der Waals surface area contributed by atoms with Gasteiger partial charge in [0.15, 0.2) is 0 Å². The number of carbonyl (C=O) groups is 1. The van der Waals surface area contributed by atoms with Gasteiger partial charge in [0.05, 0.1) is 0 Å². The molecule has 0 N–H and O–H groups in total. The topological polar surface area (TPSA) is 20.3 Å². The molecule has 0 bridgehead atoms. The van der Waals surface area contributed by atoms with E-state index in [1.54, 1.807) is 0 Å². The Bertz CT molecular complexity index is 215. The van der Waals surface area contributed by atoms with Crippen molar-refractivity contribution < 1.29 is 4.79 Å². The van der Waals surface area contributed by atoms with Gasteiger partial charge in [0, 0.05) is 19.5 Å². The summed E-state index contributed by atoms with van der Waals surface area (Å²) in [7, 11) is 0. The Hall–Kier alpha value is -0.530. The fourth-order valence-corrected chi connectivity index (χ4v) is 2.39. The Kier molecular flexibility index (Phi) is 5.30. The molecule has 1 saturated heterocycles. The molecule has 16 heavy (non-hydrogen) atoms. The lowest BCUT2D eigenvalue weighted by molar-refractivity contribution is -0.133. The average molecular weight is 225 g/mol. The molecule has 94 valence electrons. The van der Waals surface area contributed by atoms with Gasteiger partial charge >= 0.3 is 0 Å². The average Bonchev–Trinajstić information content (AvgIpc) is 2.26. The van der Waals surface area contributed by atoms with Crippen LogP contribution in [0.3, 0.4) is 0 Å². The predicted octanol–water partition coefficient (Wildman–Crippen LogP) is 3.32. The zero-order valence-corrected chi connectivity index (χ0v) is 11.3. The van der Waals surface area contributed by atoms with Crippen molar-refractivity contribution in [2.75, 3.05) is 13.1 Å². The summed E-state index contributed by atoms with van der Waals surface area (Å²) in [5, 5.41) is 0. The summed E-state index contributed by atoms with van der Waals surface area (Å²) in [5.41, 5.74) is 0. The van der Waals surface area contributed by atoms with E-state index in [1.165, 1.54) is 12.8 Å². The Morgan fingerprint density at radius 3 is 2.19 bits per heavy atom. The van der Waals surface area contributed by atoms with E-state index in [2.05, 4.69) is 32.6 Å². The van der Waals surface area contributed by atoms with Crippen LogP contribution in [0.25, 0.3) is 0 Å². The number of piperidine rings is 1. The summed E-state index contributed by atoms with van der Waals surface area (Å²) >= 11 is 0. The van der Waals surface area contributed by atoms with E-state index in [0.29, 0.717) is 11.8 Å². The fourth-order valence-electron chi connectivity index (χ4n) is 2.39. The number of nitrogens with zero attached hydrogens (tertiary/aromatic N) is 1. The molecule has 1 aliphatic rings. The highest BCUT2D eigenvalue weighted by Gasteiger charge is 2.24. The lowest BCUT2D eigenvalue weighted by Crippen LogP contribution is -2.39. The first-order chi connectivity index (χ1) is 7.50. The van der Waals surface area contributed by atoms with Crippen LogP contribution in [0.15, 0.2) is 0 Å². The van der Waals surface area contributed by atoms with E-state index >= 15 is 0 Å².